The first kappa shape index (κ1) is 19.7. The number of furan rings is 1. The van der Waals surface area contributed by atoms with Crippen molar-refractivity contribution < 1.29 is 9.21 Å². The Bertz CT molecular complexity index is 1250. The quantitative estimate of drug-likeness (QED) is 0.416. The summed E-state index contributed by atoms with van der Waals surface area (Å²) in [6.45, 7) is 0.417. The molecule has 2 aromatic carbocycles. The lowest BCUT2D eigenvalue weighted by molar-refractivity contribution is 0.0927. The number of aryl methyl sites for hydroxylation is 1. The zero-order chi connectivity index (χ0) is 21.1. The van der Waals surface area contributed by atoms with Crippen molar-refractivity contribution in [3.8, 4) is 11.8 Å². The second kappa shape index (κ2) is 8.43. The molecule has 2 aromatic heterocycles. The van der Waals surface area contributed by atoms with Gasteiger partial charge in [0.15, 0.2) is 5.76 Å². The third-order valence-corrected chi connectivity index (χ3v) is 5.33. The Balaban J connectivity index is 1.40. The molecule has 0 aliphatic carbocycles. The number of carbonyl (C=O) groups excluding carboxylic acids is 1. The van der Waals surface area contributed by atoms with Crippen LogP contribution in [-0.2, 0) is 6.42 Å². The number of anilines is 1. The van der Waals surface area contributed by atoms with Gasteiger partial charge in [-0.25, -0.2) is 4.68 Å². The van der Waals surface area contributed by atoms with E-state index in [0.29, 0.717) is 42.0 Å². The first-order chi connectivity index (χ1) is 14.6. The van der Waals surface area contributed by atoms with Gasteiger partial charge >= 0.3 is 0 Å². The largest absolute Gasteiger partial charge is 0.450 e. The van der Waals surface area contributed by atoms with Gasteiger partial charge in [0.2, 0.25) is 0 Å². The fourth-order valence-electron chi connectivity index (χ4n) is 3.23. The Kier molecular flexibility index (Phi) is 5.55. The molecule has 0 unspecified atom stereocenters. The van der Waals surface area contributed by atoms with E-state index in [0.717, 1.165) is 15.5 Å². The van der Waals surface area contributed by atoms with E-state index in [4.69, 9.17) is 10.2 Å². The maximum atomic E-state index is 12.4. The molecule has 4 aromatic rings. The number of nitrogens with zero attached hydrogens (tertiary/aromatic N) is 3. The summed E-state index contributed by atoms with van der Waals surface area (Å²) in [6.07, 6.45) is 1.12. The van der Waals surface area contributed by atoms with Crippen LogP contribution in [0.3, 0.4) is 0 Å². The number of rotatable bonds is 6. The first-order valence-corrected chi connectivity index (χ1v) is 10.2. The van der Waals surface area contributed by atoms with E-state index in [1.54, 1.807) is 10.7 Å². The number of nitriles is 1. The van der Waals surface area contributed by atoms with Crippen LogP contribution in [0.2, 0.25) is 0 Å². The van der Waals surface area contributed by atoms with Gasteiger partial charge in [-0.3, -0.25) is 4.79 Å². The number of halogens is 1. The molecule has 2 heterocycles. The third-order valence-electron chi connectivity index (χ3n) is 4.70. The fourth-order valence-corrected chi connectivity index (χ4v) is 3.69. The molecule has 0 spiro atoms. The van der Waals surface area contributed by atoms with Gasteiger partial charge < -0.3 is 15.5 Å². The van der Waals surface area contributed by atoms with Crippen LogP contribution >= 0.6 is 15.9 Å². The summed E-state index contributed by atoms with van der Waals surface area (Å²) >= 11 is 3.42. The number of hydrogen-bond donors (Lipinski definition) is 2. The molecule has 0 aliphatic heterocycles. The van der Waals surface area contributed by atoms with Gasteiger partial charge in [0.25, 0.3) is 5.91 Å². The molecule has 8 heteroatoms. The molecule has 0 atom stereocenters. The van der Waals surface area contributed by atoms with Crippen molar-refractivity contribution in [2.45, 2.75) is 12.8 Å². The van der Waals surface area contributed by atoms with Crippen molar-refractivity contribution >= 4 is 38.6 Å². The highest BCUT2D eigenvalue weighted by molar-refractivity contribution is 9.10. The normalized spacial score (nSPS) is 10.8. The van der Waals surface area contributed by atoms with Gasteiger partial charge in [-0.2, -0.15) is 10.4 Å². The van der Waals surface area contributed by atoms with Crippen LogP contribution in [0.15, 0.2) is 63.5 Å². The number of nitrogen functional groups attached to an aromatic ring is 1. The number of para-hydroxylation sites is 2. The number of fused-ring (bicyclic) bond motifs is 1. The number of nitrogens with two attached hydrogens (primary N) is 1. The predicted octanol–water partition coefficient (Wildman–Crippen LogP) is 4.20. The maximum Gasteiger partial charge on any atom is 0.287 e. The van der Waals surface area contributed by atoms with Crippen LogP contribution in [0.1, 0.15) is 28.2 Å². The van der Waals surface area contributed by atoms with E-state index < -0.39 is 0 Å². The lowest BCUT2D eigenvalue weighted by atomic mass is 10.1. The third kappa shape index (κ3) is 3.80. The monoisotopic (exact) mass is 463 g/mol. The van der Waals surface area contributed by atoms with Crippen LogP contribution in [0, 0.1) is 11.3 Å². The highest BCUT2D eigenvalue weighted by atomic mass is 79.9. The van der Waals surface area contributed by atoms with Crippen molar-refractivity contribution in [2.24, 2.45) is 0 Å². The summed E-state index contributed by atoms with van der Waals surface area (Å²) in [5.74, 6) is 0.288. The number of hydrogen-bond acceptors (Lipinski definition) is 5. The lowest BCUT2D eigenvalue weighted by Gasteiger charge is -2.03. The standard InChI is InChI=1S/C22H18BrN5O2/c23-17-9-4-6-14-12-19(30-20(14)17)22(29)26-11-5-10-18-16(13-24)21(25)28(27-18)15-7-2-1-3-8-15/h1-4,6-9,12H,5,10-11,25H2,(H,26,29). The molecule has 0 saturated heterocycles. The van der Waals surface area contributed by atoms with E-state index in [1.165, 1.54) is 0 Å². The van der Waals surface area contributed by atoms with Crippen molar-refractivity contribution in [1.29, 1.82) is 5.26 Å². The van der Waals surface area contributed by atoms with E-state index in [1.807, 2.05) is 48.5 Å². The number of amides is 1. The Morgan fingerprint density at radius 1 is 1.23 bits per heavy atom. The SMILES string of the molecule is N#Cc1c(CCCNC(=O)c2cc3cccc(Br)c3o2)nn(-c2ccccc2)c1N. The predicted molar refractivity (Wildman–Crippen MR) is 117 cm³/mol. The van der Waals surface area contributed by atoms with Gasteiger partial charge in [0.05, 0.1) is 15.9 Å². The molecule has 150 valence electrons. The molecule has 0 saturated carbocycles. The molecule has 7 nitrogen and oxygen atoms in total. The molecule has 1 amide bonds. The molecule has 30 heavy (non-hydrogen) atoms. The summed E-state index contributed by atoms with van der Waals surface area (Å²) in [4.78, 5) is 12.4. The highest BCUT2D eigenvalue weighted by Crippen LogP contribution is 2.27. The molecule has 4 rings (SSSR count). The fraction of sp³-hybridized carbons (Fsp3) is 0.136. The van der Waals surface area contributed by atoms with Crippen molar-refractivity contribution in [3.63, 3.8) is 0 Å². The molecular formula is C22H18BrN5O2. The molecule has 0 bridgehead atoms. The molecule has 0 fully saturated rings. The van der Waals surface area contributed by atoms with Gasteiger partial charge in [0.1, 0.15) is 23.0 Å². The van der Waals surface area contributed by atoms with E-state index in [2.05, 4.69) is 32.4 Å². The molecule has 3 N–H and O–H groups in total. The average Bonchev–Trinajstić information content (AvgIpc) is 3.34. The minimum atomic E-state index is -0.284. The second-order valence-electron chi connectivity index (χ2n) is 6.69. The summed E-state index contributed by atoms with van der Waals surface area (Å²) in [7, 11) is 0. The van der Waals surface area contributed by atoms with E-state index in [9.17, 15) is 10.1 Å². The summed E-state index contributed by atoms with van der Waals surface area (Å²) in [6, 6.07) is 18.9. The highest BCUT2D eigenvalue weighted by Gasteiger charge is 2.17. The van der Waals surface area contributed by atoms with Gasteiger partial charge in [-0.05, 0) is 53.0 Å². The molecule has 0 radical (unpaired) electrons. The minimum absolute atomic E-state index is 0.257. The Morgan fingerprint density at radius 3 is 2.77 bits per heavy atom. The maximum absolute atomic E-state index is 12.4. The number of benzene rings is 2. The van der Waals surface area contributed by atoms with Crippen LogP contribution in [0.5, 0.6) is 0 Å². The topological polar surface area (TPSA) is 110 Å². The summed E-state index contributed by atoms with van der Waals surface area (Å²) in [5.41, 5.74) is 8.53. The van der Waals surface area contributed by atoms with Crippen LogP contribution < -0.4 is 11.1 Å². The van der Waals surface area contributed by atoms with Crippen LogP contribution in [0.4, 0.5) is 5.82 Å². The summed E-state index contributed by atoms with van der Waals surface area (Å²) in [5, 5.41) is 17.7. The smallest absolute Gasteiger partial charge is 0.287 e. The Hall–Kier alpha value is -3.57. The van der Waals surface area contributed by atoms with Crippen molar-refractivity contribution in [3.05, 3.63) is 76.1 Å². The van der Waals surface area contributed by atoms with Gasteiger partial charge in [-0.1, -0.05) is 30.3 Å². The molecular weight excluding hydrogens is 446 g/mol. The van der Waals surface area contributed by atoms with Crippen LogP contribution in [0.25, 0.3) is 16.7 Å². The molecule has 0 aliphatic rings. The zero-order valence-corrected chi connectivity index (χ0v) is 17.5. The van der Waals surface area contributed by atoms with Crippen molar-refractivity contribution in [2.75, 3.05) is 12.3 Å². The lowest BCUT2D eigenvalue weighted by Crippen LogP contribution is -2.24. The van der Waals surface area contributed by atoms with Gasteiger partial charge in [-0.15, -0.1) is 0 Å². The first-order valence-electron chi connectivity index (χ1n) is 9.37. The Labute approximate surface area is 181 Å². The minimum Gasteiger partial charge on any atom is -0.450 e. The van der Waals surface area contributed by atoms with Gasteiger partial charge in [0, 0.05) is 11.9 Å². The average molecular weight is 464 g/mol. The zero-order valence-electron chi connectivity index (χ0n) is 15.9. The second-order valence-corrected chi connectivity index (χ2v) is 7.55. The number of nitrogens with one attached hydrogen (secondary N) is 1. The van der Waals surface area contributed by atoms with E-state index >= 15 is 0 Å². The number of carbonyl (C=O) groups is 1. The number of aromatic nitrogens is 2. The Morgan fingerprint density at radius 2 is 2.03 bits per heavy atom. The van der Waals surface area contributed by atoms with Crippen LogP contribution in [-0.4, -0.2) is 22.2 Å². The summed E-state index contributed by atoms with van der Waals surface area (Å²) < 4.78 is 8.02. The van der Waals surface area contributed by atoms with Crippen molar-refractivity contribution in [1.82, 2.24) is 15.1 Å². The van der Waals surface area contributed by atoms with E-state index in [-0.39, 0.29) is 11.7 Å².